The van der Waals surface area contributed by atoms with Gasteiger partial charge in [0.1, 0.15) is 0 Å². The fraction of sp³-hybridized carbons (Fsp3) is 1.00. The summed E-state index contributed by atoms with van der Waals surface area (Å²) in [5.74, 6) is 2.47. The maximum atomic E-state index is 9.46. The minimum atomic E-state index is 0.250. The minimum absolute atomic E-state index is 0.250. The highest BCUT2D eigenvalue weighted by Crippen LogP contribution is 2.33. The molecule has 2 N–H and O–H groups in total. The highest BCUT2D eigenvalue weighted by atomic mass is 32.2. The maximum Gasteiger partial charge on any atom is 0.0488 e. The lowest BCUT2D eigenvalue weighted by molar-refractivity contribution is 0.0799. The zero-order valence-corrected chi connectivity index (χ0v) is 10.0. The molecule has 0 amide bonds. The topological polar surface area (TPSA) is 32.3 Å². The van der Waals surface area contributed by atoms with Gasteiger partial charge in [-0.2, -0.15) is 11.8 Å². The summed E-state index contributed by atoms with van der Waals surface area (Å²) < 4.78 is 0. The molecule has 0 aromatic rings. The van der Waals surface area contributed by atoms with Crippen molar-refractivity contribution in [3.63, 3.8) is 0 Å². The third kappa shape index (κ3) is 3.79. The Hall–Kier alpha value is 0.270. The monoisotopic (exact) mass is 217 g/mol. The third-order valence-electron chi connectivity index (χ3n) is 3.20. The van der Waals surface area contributed by atoms with Crippen LogP contribution in [-0.4, -0.2) is 36.3 Å². The maximum absolute atomic E-state index is 9.46. The first kappa shape index (κ1) is 12.3. The third-order valence-corrected chi connectivity index (χ3v) is 4.19. The van der Waals surface area contributed by atoms with Gasteiger partial charge in [-0.3, -0.25) is 0 Å². The summed E-state index contributed by atoms with van der Waals surface area (Å²) in [6.45, 7) is 4.76. The van der Waals surface area contributed by atoms with Crippen LogP contribution < -0.4 is 5.32 Å². The first-order valence-corrected chi connectivity index (χ1v) is 6.88. The molecule has 0 saturated carbocycles. The van der Waals surface area contributed by atoms with E-state index in [0.717, 1.165) is 25.9 Å². The van der Waals surface area contributed by atoms with Gasteiger partial charge in [-0.05, 0) is 55.7 Å². The Morgan fingerprint density at radius 1 is 1.36 bits per heavy atom. The Bertz CT molecular complexity index is 146. The van der Waals surface area contributed by atoms with Crippen molar-refractivity contribution in [2.45, 2.75) is 32.6 Å². The average Bonchev–Trinajstić information content (AvgIpc) is 2.26. The van der Waals surface area contributed by atoms with Gasteiger partial charge in [0.2, 0.25) is 0 Å². The van der Waals surface area contributed by atoms with Gasteiger partial charge < -0.3 is 10.4 Å². The average molecular weight is 217 g/mol. The predicted octanol–water partition coefficient (Wildman–Crippen LogP) is 1.88. The zero-order valence-electron chi connectivity index (χ0n) is 9.22. The molecule has 1 aliphatic heterocycles. The SMILES string of the molecule is CCSCCCC1(CO)CCNCC1. The molecular weight excluding hydrogens is 194 g/mol. The van der Waals surface area contributed by atoms with E-state index in [-0.39, 0.29) is 5.41 Å². The van der Waals surface area contributed by atoms with Gasteiger partial charge in [0.15, 0.2) is 0 Å². The Balaban J connectivity index is 2.22. The molecule has 1 fully saturated rings. The van der Waals surface area contributed by atoms with Gasteiger partial charge in [-0.1, -0.05) is 6.92 Å². The second-order valence-corrected chi connectivity index (χ2v) is 5.60. The lowest BCUT2D eigenvalue weighted by atomic mass is 9.76. The van der Waals surface area contributed by atoms with Crippen LogP contribution in [0.25, 0.3) is 0 Å². The lowest BCUT2D eigenvalue weighted by Crippen LogP contribution is -2.39. The highest BCUT2D eigenvalue weighted by molar-refractivity contribution is 7.99. The molecule has 1 rings (SSSR count). The summed E-state index contributed by atoms with van der Waals surface area (Å²) in [4.78, 5) is 0. The first-order chi connectivity index (χ1) is 6.83. The molecule has 84 valence electrons. The molecule has 1 aliphatic rings. The van der Waals surface area contributed by atoms with Crippen LogP contribution in [0.2, 0.25) is 0 Å². The standard InChI is InChI=1S/C11H23NOS/c1-2-14-9-3-4-11(10-13)5-7-12-8-6-11/h12-13H,2-10H2,1H3. The van der Waals surface area contributed by atoms with E-state index in [1.165, 1.54) is 24.3 Å². The molecule has 0 radical (unpaired) electrons. The molecule has 0 spiro atoms. The van der Waals surface area contributed by atoms with Crippen LogP contribution in [0, 0.1) is 5.41 Å². The second kappa shape index (κ2) is 6.70. The summed E-state index contributed by atoms with van der Waals surface area (Å²) in [5.41, 5.74) is 0.250. The molecule has 0 atom stereocenters. The van der Waals surface area contributed by atoms with Crippen LogP contribution in [0.15, 0.2) is 0 Å². The lowest BCUT2D eigenvalue weighted by Gasteiger charge is -2.36. The quantitative estimate of drug-likeness (QED) is 0.666. The number of aliphatic hydroxyl groups is 1. The van der Waals surface area contributed by atoms with E-state index < -0.39 is 0 Å². The number of piperidine rings is 1. The van der Waals surface area contributed by atoms with E-state index in [0.29, 0.717) is 6.61 Å². The van der Waals surface area contributed by atoms with Crippen molar-refractivity contribution in [1.82, 2.24) is 5.32 Å². The number of hydrogen-bond acceptors (Lipinski definition) is 3. The van der Waals surface area contributed by atoms with Crippen molar-refractivity contribution in [3.05, 3.63) is 0 Å². The summed E-state index contributed by atoms with van der Waals surface area (Å²) in [6, 6.07) is 0. The summed E-state index contributed by atoms with van der Waals surface area (Å²) in [5, 5.41) is 12.8. The van der Waals surface area contributed by atoms with Crippen LogP contribution in [0.5, 0.6) is 0 Å². The number of hydrogen-bond donors (Lipinski definition) is 2. The Kier molecular flexibility index (Phi) is 5.90. The van der Waals surface area contributed by atoms with E-state index in [1.54, 1.807) is 0 Å². The van der Waals surface area contributed by atoms with Crippen LogP contribution in [0.4, 0.5) is 0 Å². The van der Waals surface area contributed by atoms with E-state index in [9.17, 15) is 5.11 Å². The molecule has 14 heavy (non-hydrogen) atoms. The number of nitrogens with one attached hydrogen (secondary N) is 1. The first-order valence-electron chi connectivity index (χ1n) is 5.72. The summed E-state index contributed by atoms with van der Waals surface area (Å²) >= 11 is 2.01. The largest absolute Gasteiger partial charge is 0.396 e. The Labute approximate surface area is 91.9 Å². The zero-order chi connectivity index (χ0) is 10.3. The van der Waals surface area contributed by atoms with Gasteiger partial charge in [0, 0.05) is 6.61 Å². The van der Waals surface area contributed by atoms with Gasteiger partial charge >= 0.3 is 0 Å². The fourth-order valence-electron chi connectivity index (χ4n) is 2.14. The molecule has 1 heterocycles. The molecular formula is C11H23NOS. The van der Waals surface area contributed by atoms with Crippen LogP contribution >= 0.6 is 11.8 Å². The van der Waals surface area contributed by atoms with E-state index in [4.69, 9.17) is 0 Å². The molecule has 3 heteroatoms. The van der Waals surface area contributed by atoms with Crippen molar-refractivity contribution < 1.29 is 5.11 Å². The number of aliphatic hydroxyl groups excluding tert-OH is 1. The fourth-order valence-corrected chi connectivity index (χ4v) is 2.77. The van der Waals surface area contributed by atoms with Crippen molar-refractivity contribution in [2.24, 2.45) is 5.41 Å². The van der Waals surface area contributed by atoms with Crippen molar-refractivity contribution in [3.8, 4) is 0 Å². The second-order valence-electron chi connectivity index (χ2n) is 4.21. The summed E-state index contributed by atoms with van der Waals surface area (Å²) in [6.07, 6.45) is 4.78. The number of rotatable bonds is 6. The number of thioether (sulfide) groups is 1. The van der Waals surface area contributed by atoms with Crippen molar-refractivity contribution in [2.75, 3.05) is 31.2 Å². The van der Waals surface area contributed by atoms with E-state index in [2.05, 4.69) is 12.2 Å². The molecule has 0 aromatic carbocycles. The highest BCUT2D eigenvalue weighted by Gasteiger charge is 2.30. The minimum Gasteiger partial charge on any atom is -0.396 e. The smallest absolute Gasteiger partial charge is 0.0488 e. The summed E-state index contributed by atoms with van der Waals surface area (Å²) in [7, 11) is 0. The van der Waals surface area contributed by atoms with E-state index >= 15 is 0 Å². The molecule has 1 saturated heterocycles. The Morgan fingerprint density at radius 2 is 2.07 bits per heavy atom. The van der Waals surface area contributed by atoms with Gasteiger partial charge in [-0.15, -0.1) is 0 Å². The van der Waals surface area contributed by atoms with Crippen molar-refractivity contribution >= 4 is 11.8 Å². The normalized spacial score (nSPS) is 21.0. The predicted molar refractivity (Wildman–Crippen MR) is 63.9 cm³/mol. The van der Waals surface area contributed by atoms with Crippen LogP contribution in [-0.2, 0) is 0 Å². The molecule has 0 aromatic heterocycles. The van der Waals surface area contributed by atoms with Crippen LogP contribution in [0.3, 0.4) is 0 Å². The molecule has 0 aliphatic carbocycles. The van der Waals surface area contributed by atoms with Gasteiger partial charge in [-0.25, -0.2) is 0 Å². The Morgan fingerprint density at radius 3 is 2.64 bits per heavy atom. The van der Waals surface area contributed by atoms with Crippen molar-refractivity contribution in [1.29, 1.82) is 0 Å². The van der Waals surface area contributed by atoms with E-state index in [1.807, 2.05) is 11.8 Å². The molecule has 0 unspecified atom stereocenters. The van der Waals surface area contributed by atoms with Gasteiger partial charge in [0.25, 0.3) is 0 Å². The molecule has 2 nitrogen and oxygen atoms in total. The van der Waals surface area contributed by atoms with Gasteiger partial charge in [0.05, 0.1) is 0 Å². The van der Waals surface area contributed by atoms with Crippen LogP contribution in [0.1, 0.15) is 32.6 Å². The molecule has 0 bridgehead atoms.